The number of H-pyrrole nitrogens is 1. The van der Waals surface area contributed by atoms with Crippen molar-refractivity contribution in [2.24, 2.45) is 11.3 Å². The molecule has 0 saturated carbocycles. The third kappa shape index (κ3) is 4.19. The molecular weight excluding hydrogens is 364 g/mol. The zero-order valence-electron chi connectivity index (χ0n) is 17.2. The van der Waals surface area contributed by atoms with E-state index in [4.69, 9.17) is 0 Å². The molecule has 0 bridgehead atoms. The van der Waals surface area contributed by atoms with Crippen LogP contribution in [0.5, 0.6) is 0 Å². The van der Waals surface area contributed by atoms with Crippen molar-refractivity contribution >= 4 is 11.7 Å². The van der Waals surface area contributed by atoms with Crippen LogP contribution in [0.1, 0.15) is 65.1 Å². The average Bonchev–Trinajstić information content (AvgIpc) is 2.67. The van der Waals surface area contributed by atoms with Gasteiger partial charge in [0.1, 0.15) is 5.56 Å². The fourth-order valence-corrected chi connectivity index (χ4v) is 4.64. The van der Waals surface area contributed by atoms with Gasteiger partial charge in [-0.25, -0.2) is 0 Å². The Kier molecular flexibility index (Phi) is 5.15. The Morgan fingerprint density at radius 3 is 2.48 bits per heavy atom. The number of aromatic nitrogens is 1. The van der Waals surface area contributed by atoms with Crippen molar-refractivity contribution in [3.8, 4) is 0 Å². The second-order valence-corrected chi connectivity index (χ2v) is 9.27. The second-order valence-electron chi connectivity index (χ2n) is 9.27. The summed E-state index contributed by atoms with van der Waals surface area (Å²) in [5.41, 5.74) is 2.04. The van der Waals surface area contributed by atoms with Gasteiger partial charge in [-0.3, -0.25) is 14.4 Å². The summed E-state index contributed by atoms with van der Waals surface area (Å²) in [5, 5.41) is 0. The lowest BCUT2D eigenvalue weighted by atomic mass is 9.75. The number of amides is 1. The molecule has 0 radical (unpaired) electrons. The van der Waals surface area contributed by atoms with Crippen molar-refractivity contribution in [2.45, 2.75) is 46.0 Å². The van der Waals surface area contributed by atoms with Gasteiger partial charge in [-0.15, -0.1) is 0 Å². The van der Waals surface area contributed by atoms with E-state index in [1.807, 2.05) is 19.9 Å². The lowest BCUT2D eigenvalue weighted by Crippen LogP contribution is -2.41. The lowest BCUT2D eigenvalue weighted by molar-refractivity contribution is 0.0688. The van der Waals surface area contributed by atoms with Gasteiger partial charge in [0.2, 0.25) is 0 Å². The van der Waals surface area contributed by atoms with Crippen molar-refractivity contribution in [3.05, 3.63) is 69.1 Å². The summed E-state index contributed by atoms with van der Waals surface area (Å²) in [6.07, 6.45) is 3.95. The molecule has 1 amide bonds. The predicted molar refractivity (Wildman–Crippen MR) is 112 cm³/mol. The van der Waals surface area contributed by atoms with Crippen LogP contribution in [0.15, 0.2) is 41.2 Å². The summed E-state index contributed by atoms with van der Waals surface area (Å²) in [6.45, 7) is 5.33. The smallest absolute Gasteiger partial charge is 0.261 e. The molecule has 5 nitrogen and oxygen atoms in total. The first-order valence-electron chi connectivity index (χ1n) is 10.4. The van der Waals surface area contributed by atoms with E-state index in [1.54, 1.807) is 4.90 Å². The van der Waals surface area contributed by atoms with Crippen LogP contribution in [-0.4, -0.2) is 34.7 Å². The predicted octanol–water partition coefficient (Wildman–Crippen LogP) is 3.62. The Bertz CT molecular complexity index is 983. The van der Waals surface area contributed by atoms with Crippen LogP contribution in [-0.2, 0) is 12.8 Å². The maximum atomic E-state index is 13.0. The van der Waals surface area contributed by atoms with E-state index in [2.05, 4.69) is 29.2 Å². The normalized spacial score (nSPS) is 19.1. The molecule has 0 unspecified atom stereocenters. The van der Waals surface area contributed by atoms with Crippen LogP contribution >= 0.6 is 0 Å². The fourth-order valence-electron chi connectivity index (χ4n) is 4.64. The highest BCUT2D eigenvalue weighted by molar-refractivity contribution is 6.02. The van der Waals surface area contributed by atoms with Crippen LogP contribution < -0.4 is 5.56 Å². The van der Waals surface area contributed by atoms with Crippen LogP contribution in [0.4, 0.5) is 0 Å². The molecule has 0 spiro atoms. The van der Waals surface area contributed by atoms with Gasteiger partial charge in [-0.2, -0.15) is 0 Å². The van der Waals surface area contributed by atoms with Gasteiger partial charge in [-0.05, 0) is 48.6 Å². The lowest BCUT2D eigenvalue weighted by Gasteiger charge is -2.33. The van der Waals surface area contributed by atoms with Gasteiger partial charge in [0.05, 0.1) is 0 Å². The SMILES string of the molecule is CC1(C)CC(=O)c2cc(C(=O)N3CCC(Cc4ccccc4)CC3)c(=O)[nH]c2C1. The summed E-state index contributed by atoms with van der Waals surface area (Å²) in [6, 6.07) is 11.9. The van der Waals surface area contributed by atoms with E-state index < -0.39 is 0 Å². The number of piperidine rings is 1. The van der Waals surface area contributed by atoms with E-state index in [0.717, 1.165) is 19.3 Å². The Morgan fingerprint density at radius 2 is 1.79 bits per heavy atom. The van der Waals surface area contributed by atoms with Gasteiger partial charge in [0.15, 0.2) is 5.78 Å². The maximum Gasteiger partial charge on any atom is 0.261 e. The minimum absolute atomic E-state index is 0.00289. The van der Waals surface area contributed by atoms with Crippen molar-refractivity contribution in [1.82, 2.24) is 9.88 Å². The topological polar surface area (TPSA) is 70.2 Å². The maximum absolute atomic E-state index is 13.0. The number of benzene rings is 1. The minimum atomic E-state index is -0.384. The molecule has 1 aliphatic heterocycles. The van der Waals surface area contributed by atoms with Gasteiger partial charge < -0.3 is 9.88 Å². The van der Waals surface area contributed by atoms with E-state index in [9.17, 15) is 14.4 Å². The summed E-state index contributed by atoms with van der Waals surface area (Å²) < 4.78 is 0. The highest BCUT2D eigenvalue weighted by atomic mass is 16.2. The Balaban J connectivity index is 1.46. The molecule has 1 N–H and O–H groups in total. The third-order valence-corrected chi connectivity index (χ3v) is 6.22. The van der Waals surface area contributed by atoms with E-state index in [-0.39, 0.29) is 28.2 Å². The largest absolute Gasteiger partial charge is 0.338 e. The van der Waals surface area contributed by atoms with Crippen LogP contribution in [0.3, 0.4) is 0 Å². The summed E-state index contributed by atoms with van der Waals surface area (Å²) in [7, 11) is 0. The highest BCUT2D eigenvalue weighted by Gasteiger charge is 2.33. The van der Waals surface area contributed by atoms with Crippen molar-refractivity contribution < 1.29 is 9.59 Å². The van der Waals surface area contributed by atoms with Crippen LogP contribution in [0, 0.1) is 11.3 Å². The quantitative estimate of drug-likeness (QED) is 0.867. The number of carbonyl (C=O) groups excluding carboxylic acids is 2. The van der Waals surface area contributed by atoms with Gasteiger partial charge >= 0.3 is 0 Å². The molecule has 4 rings (SSSR count). The number of hydrogen-bond donors (Lipinski definition) is 1. The van der Waals surface area contributed by atoms with Crippen LogP contribution in [0.25, 0.3) is 0 Å². The molecule has 0 atom stereocenters. The third-order valence-electron chi connectivity index (χ3n) is 6.22. The number of pyridine rings is 1. The molecule has 29 heavy (non-hydrogen) atoms. The number of fused-ring (bicyclic) bond motifs is 1. The van der Waals surface area contributed by atoms with E-state index >= 15 is 0 Å². The zero-order valence-corrected chi connectivity index (χ0v) is 17.2. The molecule has 2 heterocycles. The van der Waals surface area contributed by atoms with Gasteiger partial charge in [0, 0.05) is 30.8 Å². The number of hydrogen-bond acceptors (Lipinski definition) is 3. The van der Waals surface area contributed by atoms with Crippen molar-refractivity contribution in [3.63, 3.8) is 0 Å². The van der Waals surface area contributed by atoms with E-state index in [0.29, 0.717) is 43.1 Å². The molecule has 1 saturated heterocycles. The molecule has 1 aromatic heterocycles. The van der Waals surface area contributed by atoms with Gasteiger partial charge in [0.25, 0.3) is 11.5 Å². The van der Waals surface area contributed by atoms with Crippen molar-refractivity contribution in [1.29, 1.82) is 0 Å². The monoisotopic (exact) mass is 392 g/mol. The number of carbonyl (C=O) groups is 2. The fraction of sp³-hybridized carbons (Fsp3) is 0.458. The second kappa shape index (κ2) is 7.62. The zero-order chi connectivity index (χ0) is 20.6. The number of nitrogens with zero attached hydrogens (tertiary/aromatic N) is 1. The summed E-state index contributed by atoms with van der Waals surface area (Å²) in [5.74, 6) is 0.292. The van der Waals surface area contributed by atoms with Crippen molar-refractivity contribution in [2.75, 3.05) is 13.1 Å². The highest BCUT2D eigenvalue weighted by Crippen LogP contribution is 2.33. The Hall–Kier alpha value is -2.69. The first kappa shape index (κ1) is 19.6. The molecule has 152 valence electrons. The number of ketones is 1. The van der Waals surface area contributed by atoms with E-state index in [1.165, 1.54) is 11.6 Å². The molecule has 1 fully saturated rings. The standard InChI is InChI=1S/C24H28N2O3/c1-24(2)14-20-18(21(27)15-24)13-19(22(28)25-20)23(29)26-10-8-17(9-11-26)12-16-6-4-3-5-7-16/h3-7,13,17H,8-12,14-15H2,1-2H3,(H,25,28). The Morgan fingerprint density at radius 1 is 1.10 bits per heavy atom. The molecule has 5 heteroatoms. The number of rotatable bonds is 3. The molecule has 1 aromatic carbocycles. The molecule has 1 aliphatic carbocycles. The molecule has 2 aromatic rings. The van der Waals surface area contributed by atoms with Crippen LogP contribution in [0.2, 0.25) is 0 Å². The average molecular weight is 392 g/mol. The van der Waals surface area contributed by atoms with Gasteiger partial charge in [-0.1, -0.05) is 44.2 Å². The molecule has 2 aliphatic rings. The summed E-state index contributed by atoms with van der Waals surface area (Å²) >= 11 is 0. The number of likely N-dealkylation sites (tertiary alicyclic amines) is 1. The first-order valence-corrected chi connectivity index (χ1v) is 10.4. The number of Topliss-reactive ketones (excluding diaryl/α,β-unsaturated/α-hetero) is 1. The number of aromatic amines is 1. The first-order chi connectivity index (χ1) is 13.8. The minimum Gasteiger partial charge on any atom is -0.338 e. The Labute approximate surface area is 171 Å². The molecular formula is C24H28N2O3. The summed E-state index contributed by atoms with van der Waals surface area (Å²) in [4.78, 5) is 42.7. The number of nitrogens with one attached hydrogen (secondary N) is 1.